The molecule has 616 valence electrons. The largest absolute Gasteiger partial charge is 0.0629 e. The molecule has 0 bridgehead atoms. The van der Waals surface area contributed by atoms with Gasteiger partial charge in [-0.25, -0.2) is 0 Å². The van der Waals surface area contributed by atoms with E-state index in [2.05, 4.69) is 441 Å². The van der Waals surface area contributed by atoms with E-state index in [1.807, 2.05) is 48.5 Å². The predicted molar refractivity (Wildman–Crippen MR) is 530 cm³/mol. The Morgan fingerprint density at radius 3 is 0.933 bits per heavy atom. The SMILES string of the molecule is CC(C)(C)c1ccc2ccc3ccccc3c2c1.CC(C)(C)c1ccc2ccccc2c1.CC(C)(C)c1cccc(-c2ccc(-c3ccccc3)cc2)c1.CC(C)(C)c1cccc(-c2ccccc2)c1.CC(C)(C)c1cccc(-c2ccccc2)c1.Cc1ccccc1C(C)(C)C.[2H]c1cc(C(C)(C)C)c([2H])c(C)c1[2H].[2H]c1cc([2H])c(C(C)(C)C)c(C)c1[2H]. The number of fused-ring (bicyclic) bond motifs is 4. The summed E-state index contributed by atoms with van der Waals surface area (Å²) in [4.78, 5) is 0. The molecule has 0 spiro atoms. The molecule has 0 heterocycles. The van der Waals surface area contributed by atoms with Gasteiger partial charge in [0, 0.05) is 0 Å². The van der Waals surface area contributed by atoms with Crippen molar-refractivity contribution in [2.24, 2.45) is 0 Å². The van der Waals surface area contributed by atoms with Crippen molar-refractivity contribution in [3.8, 4) is 44.5 Å². The lowest BCUT2D eigenvalue weighted by molar-refractivity contribution is 0.586. The molecule has 0 saturated heterocycles. The smallest absolute Gasteiger partial charge is 0.0622 e. The van der Waals surface area contributed by atoms with Crippen LogP contribution in [0, 0.1) is 20.8 Å². The minimum Gasteiger partial charge on any atom is -0.0622 e. The van der Waals surface area contributed by atoms with Crippen molar-refractivity contribution in [1.82, 2.24) is 0 Å². The van der Waals surface area contributed by atoms with Gasteiger partial charge in [0.25, 0.3) is 0 Å². The van der Waals surface area contributed by atoms with Crippen molar-refractivity contribution < 1.29 is 8.22 Å². The Balaban J connectivity index is 0.000000178. The molecule has 0 atom stereocenters. The molecule has 0 unspecified atom stereocenters. The molecule has 0 nitrogen and oxygen atoms in total. The second-order valence-corrected chi connectivity index (χ2v) is 39.7. The second kappa shape index (κ2) is 41.2. The van der Waals surface area contributed by atoms with Crippen LogP contribution in [0.1, 0.15) is 236 Å². The lowest BCUT2D eigenvalue weighted by Gasteiger charge is -2.21. The molecule has 15 aromatic carbocycles. The molecular weight excluding hydrogens is 1430 g/mol. The summed E-state index contributed by atoms with van der Waals surface area (Å²) in [6.07, 6.45) is 0. The molecule has 119 heavy (non-hydrogen) atoms. The second-order valence-electron chi connectivity index (χ2n) is 39.7. The summed E-state index contributed by atoms with van der Waals surface area (Å²) >= 11 is 0. The molecule has 0 aliphatic rings. The third kappa shape index (κ3) is 29.0. The van der Waals surface area contributed by atoms with E-state index in [0.29, 0.717) is 17.6 Å². The van der Waals surface area contributed by atoms with E-state index in [1.54, 1.807) is 13.0 Å². The number of rotatable bonds is 4. The molecule has 0 heteroatoms. The Morgan fingerprint density at radius 2 is 0.513 bits per heavy atom. The van der Waals surface area contributed by atoms with Gasteiger partial charge in [-0.15, -0.1) is 0 Å². The zero-order valence-electron chi connectivity index (χ0n) is 83.1. The van der Waals surface area contributed by atoms with E-state index < -0.39 is 0 Å². The van der Waals surface area contributed by atoms with Gasteiger partial charge in [-0.1, -0.05) is 530 Å². The van der Waals surface area contributed by atoms with Gasteiger partial charge in [0.1, 0.15) is 0 Å². The summed E-state index contributed by atoms with van der Waals surface area (Å²) in [6, 6.07) is 115. The topological polar surface area (TPSA) is 0 Å². The van der Waals surface area contributed by atoms with Crippen LogP contribution in [0.4, 0.5) is 0 Å². The molecular formula is C119H140. The van der Waals surface area contributed by atoms with E-state index in [1.165, 1.54) is 122 Å². The Kier molecular flexibility index (Phi) is 29.2. The molecule has 15 aromatic rings. The molecule has 0 aliphatic carbocycles. The van der Waals surface area contributed by atoms with Gasteiger partial charge in [0.05, 0.1) is 8.22 Å². The van der Waals surface area contributed by atoms with E-state index in [4.69, 9.17) is 8.22 Å². The fourth-order valence-corrected chi connectivity index (χ4v) is 13.9. The minimum absolute atomic E-state index is 0.134. The van der Waals surface area contributed by atoms with Crippen LogP contribution in [-0.4, -0.2) is 0 Å². The number of aryl methyl sites for hydroxylation is 1. The molecule has 0 saturated carbocycles. The van der Waals surface area contributed by atoms with Crippen LogP contribution in [0.3, 0.4) is 0 Å². The molecule has 0 N–H and O–H groups in total. The predicted octanol–water partition coefficient (Wildman–Crippen LogP) is 34.9. The number of hydrogen-bond donors (Lipinski definition) is 0. The highest BCUT2D eigenvalue weighted by atomic mass is 14.3. The van der Waals surface area contributed by atoms with Gasteiger partial charge in [0.15, 0.2) is 0 Å². The summed E-state index contributed by atoms with van der Waals surface area (Å²) in [5, 5.41) is 8.00. The van der Waals surface area contributed by atoms with Gasteiger partial charge in [-0.3, -0.25) is 0 Å². The van der Waals surface area contributed by atoms with Gasteiger partial charge >= 0.3 is 0 Å². The van der Waals surface area contributed by atoms with E-state index in [-0.39, 0.29) is 67.5 Å². The lowest BCUT2D eigenvalue weighted by Crippen LogP contribution is -2.12. The highest BCUT2D eigenvalue weighted by Gasteiger charge is 2.21. The average molecular weight is 1580 g/mol. The maximum absolute atomic E-state index is 7.89. The summed E-state index contributed by atoms with van der Waals surface area (Å²) in [5.41, 5.74) is 24.1. The fourth-order valence-electron chi connectivity index (χ4n) is 13.9. The van der Waals surface area contributed by atoms with Crippen LogP contribution in [0.15, 0.2) is 358 Å². The summed E-state index contributed by atoms with van der Waals surface area (Å²) < 4.78 is 46.1. The van der Waals surface area contributed by atoms with Crippen molar-refractivity contribution in [2.45, 2.75) is 230 Å². The average Bonchev–Trinajstić information content (AvgIpc) is 0.776. The van der Waals surface area contributed by atoms with Crippen LogP contribution in [0.25, 0.3) is 76.8 Å². The molecule has 0 aromatic heterocycles. The van der Waals surface area contributed by atoms with Crippen LogP contribution >= 0.6 is 0 Å². The lowest BCUT2D eigenvalue weighted by atomic mass is 9.84. The third-order valence-electron chi connectivity index (χ3n) is 21.2. The molecule has 0 radical (unpaired) electrons. The van der Waals surface area contributed by atoms with Crippen LogP contribution in [0.2, 0.25) is 0 Å². The zero-order valence-corrected chi connectivity index (χ0v) is 77.1. The first-order chi connectivity index (χ1) is 58.3. The molecule has 0 amide bonds. The van der Waals surface area contributed by atoms with Crippen molar-refractivity contribution in [3.63, 3.8) is 0 Å². The first-order valence-electron chi connectivity index (χ1n) is 45.5. The zero-order chi connectivity index (χ0) is 92.4. The maximum atomic E-state index is 7.89. The summed E-state index contributed by atoms with van der Waals surface area (Å²) in [7, 11) is 0. The van der Waals surface area contributed by atoms with Gasteiger partial charge in [0.2, 0.25) is 0 Å². The fraction of sp³-hybridized carbons (Fsp3) is 0.294. The minimum atomic E-state index is -0.134. The van der Waals surface area contributed by atoms with Crippen LogP contribution in [-0.2, 0) is 43.3 Å². The monoisotopic (exact) mass is 1580 g/mol. The Bertz CT molecular complexity index is 5900. The molecule has 15 rings (SSSR count). The number of benzene rings is 15. The van der Waals surface area contributed by atoms with Crippen LogP contribution in [0.5, 0.6) is 0 Å². The standard InChI is InChI=1S/C22H22.C18H18.2C16H18.C14H16.3C11H16/c1-22(2,3)21-11-7-10-20(16-21)19-14-12-18(13-15-19)17-8-5-4-6-9-17;1-18(2,3)15-11-10-14-9-8-13-6-4-5-7-16(13)17(14)12-15;2*1-16(2,3)15-11-7-10-14(12-15)13-8-5-4-6-9-13;1-14(2,3)13-9-8-11-6-4-5-7-12(11)10-13;1-9-6-5-7-10(8-9)11(2,3)4;2*1-9-7-5-6-8-10(9)11(2,3)4/h4-16H,1-3H3;4-12H,1-3H3;2*4-12H,1-3H3;4-10H,1-3H3;3*5-8H,1-4H3/i;;;;;5D,6D,8D;5D,7D,8D;. The van der Waals surface area contributed by atoms with Crippen molar-refractivity contribution in [3.05, 3.63) is 419 Å². The number of hydrogen-bond acceptors (Lipinski definition) is 0. The maximum Gasteiger partial charge on any atom is 0.0629 e. The third-order valence-corrected chi connectivity index (χ3v) is 21.2. The van der Waals surface area contributed by atoms with E-state index in [0.717, 1.165) is 16.7 Å². The molecule has 0 fully saturated rings. The van der Waals surface area contributed by atoms with Crippen molar-refractivity contribution in [2.75, 3.05) is 0 Å². The highest BCUT2D eigenvalue weighted by molar-refractivity contribution is 6.07. The van der Waals surface area contributed by atoms with E-state index in [9.17, 15) is 0 Å². The Hall–Kier alpha value is -10.9. The van der Waals surface area contributed by atoms with Gasteiger partial charge in [-0.05, 0) is 197 Å². The van der Waals surface area contributed by atoms with Crippen LogP contribution < -0.4 is 0 Å². The van der Waals surface area contributed by atoms with E-state index >= 15 is 0 Å². The Labute approximate surface area is 729 Å². The van der Waals surface area contributed by atoms with Gasteiger partial charge in [-0.2, -0.15) is 0 Å². The highest BCUT2D eigenvalue weighted by Crippen LogP contribution is 2.36. The molecule has 0 aliphatic heterocycles. The van der Waals surface area contributed by atoms with Crippen molar-refractivity contribution >= 4 is 32.3 Å². The van der Waals surface area contributed by atoms with Gasteiger partial charge < -0.3 is 0 Å². The first-order valence-corrected chi connectivity index (χ1v) is 42.5. The van der Waals surface area contributed by atoms with Crippen molar-refractivity contribution in [1.29, 1.82) is 0 Å². The first kappa shape index (κ1) is 84.5. The summed E-state index contributed by atoms with van der Waals surface area (Å²) in [5.74, 6) is 0. The quantitative estimate of drug-likeness (QED) is 0.154. The Morgan fingerprint density at radius 1 is 0.185 bits per heavy atom. The normalized spacial score (nSPS) is 12.4. The summed E-state index contributed by atoms with van der Waals surface area (Å²) in [6.45, 7) is 58.4.